The number of aromatic nitrogens is 2. The van der Waals surface area contributed by atoms with Gasteiger partial charge in [0.05, 0.1) is 38.6 Å². The zero-order valence-electron chi connectivity index (χ0n) is 11.5. The molecular weight excluding hydrogens is 262 g/mol. The first-order valence-corrected chi connectivity index (χ1v) is 6.63. The van der Waals surface area contributed by atoms with E-state index >= 15 is 0 Å². The predicted molar refractivity (Wildman–Crippen MR) is 72.0 cm³/mol. The number of carboxylic acid groups (broad SMARTS) is 1. The molecule has 1 N–H and O–H groups in total. The van der Waals surface area contributed by atoms with Crippen molar-refractivity contribution in [1.82, 2.24) is 9.97 Å². The van der Waals surface area contributed by atoms with Crippen LogP contribution in [0.2, 0.25) is 0 Å². The van der Waals surface area contributed by atoms with Crippen LogP contribution < -0.4 is 9.64 Å². The van der Waals surface area contributed by atoms with Crippen molar-refractivity contribution < 1.29 is 19.4 Å². The second-order valence-corrected chi connectivity index (χ2v) is 4.62. The van der Waals surface area contributed by atoms with Crippen molar-refractivity contribution in [3.05, 3.63) is 12.4 Å². The Morgan fingerprint density at radius 2 is 2.20 bits per heavy atom. The van der Waals surface area contributed by atoms with Gasteiger partial charge in [0, 0.05) is 13.1 Å². The summed E-state index contributed by atoms with van der Waals surface area (Å²) in [6.07, 6.45) is 5.20. The van der Waals surface area contributed by atoms with E-state index in [1.54, 1.807) is 19.5 Å². The summed E-state index contributed by atoms with van der Waals surface area (Å²) in [5.74, 6) is 0.477. The van der Waals surface area contributed by atoms with Gasteiger partial charge in [-0.1, -0.05) is 0 Å². The highest BCUT2D eigenvalue weighted by Crippen LogP contribution is 2.20. The molecule has 0 amide bonds. The number of carbonyl (C=O) groups is 1. The summed E-state index contributed by atoms with van der Waals surface area (Å²) in [4.78, 5) is 21.0. The minimum Gasteiger partial charge on any atom is -0.481 e. The Labute approximate surface area is 117 Å². The number of anilines is 1. The first-order valence-electron chi connectivity index (χ1n) is 6.63. The van der Waals surface area contributed by atoms with E-state index in [4.69, 9.17) is 14.6 Å². The monoisotopic (exact) mass is 281 g/mol. The first-order chi connectivity index (χ1) is 9.69. The summed E-state index contributed by atoms with van der Waals surface area (Å²) in [5, 5.41) is 8.57. The van der Waals surface area contributed by atoms with Crippen molar-refractivity contribution in [3.63, 3.8) is 0 Å². The van der Waals surface area contributed by atoms with Crippen LogP contribution in [-0.2, 0) is 9.53 Å². The molecule has 0 unspecified atom stereocenters. The number of carboxylic acids is 1. The van der Waals surface area contributed by atoms with Crippen LogP contribution in [0.25, 0.3) is 0 Å². The van der Waals surface area contributed by atoms with Gasteiger partial charge in [0.15, 0.2) is 5.82 Å². The number of ether oxygens (including phenoxy) is 2. The maximum absolute atomic E-state index is 10.4. The lowest BCUT2D eigenvalue weighted by atomic mass is 10.1. The second kappa shape index (κ2) is 7.04. The number of piperidine rings is 1. The number of methoxy groups -OCH3 is 1. The minimum atomic E-state index is -0.825. The Morgan fingerprint density at radius 3 is 2.85 bits per heavy atom. The zero-order valence-corrected chi connectivity index (χ0v) is 11.5. The molecule has 1 saturated heterocycles. The molecule has 0 radical (unpaired) electrons. The molecule has 0 atom stereocenters. The van der Waals surface area contributed by atoms with E-state index in [2.05, 4.69) is 14.9 Å². The van der Waals surface area contributed by atoms with Crippen LogP contribution in [0.5, 0.6) is 5.88 Å². The fourth-order valence-corrected chi connectivity index (χ4v) is 2.15. The van der Waals surface area contributed by atoms with Gasteiger partial charge in [0.2, 0.25) is 5.88 Å². The van der Waals surface area contributed by atoms with E-state index in [-0.39, 0.29) is 19.1 Å². The largest absolute Gasteiger partial charge is 0.481 e. The molecular formula is C13H19N3O4. The van der Waals surface area contributed by atoms with Crippen LogP contribution in [0.15, 0.2) is 12.4 Å². The Morgan fingerprint density at radius 1 is 1.45 bits per heavy atom. The second-order valence-electron chi connectivity index (χ2n) is 4.62. The molecule has 1 aromatic rings. The van der Waals surface area contributed by atoms with E-state index in [0.717, 1.165) is 31.7 Å². The molecule has 110 valence electrons. The molecule has 2 heterocycles. The molecule has 0 saturated carbocycles. The van der Waals surface area contributed by atoms with Crippen LogP contribution in [0.3, 0.4) is 0 Å². The van der Waals surface area contributed by atoms with Gasteiger partial charge in [0.25, 0.3) is 0 Å². The average Bonchev–Trinajstić information content (AvgIpc) is 2.48. The number of aliphatic carboxylic acids is 1. The smallest absolute Gasteiger partial charge is 0.305 e. The van der Waals surface area contributed by atoms with Gasteiger partial charge in [0.1, 0.15) is 0 Å². The van der Waals surface area contributed by atoms with Crippen molar-refractivity contribution in [3.8, 4) is 5.88 Å². The quantitative estimate of drug-likeness (QED) is 0.830. The Kier molecular flexibility index (Phi) is 5.11. The summed E-state index contributed by atoms with van der Waals surface area (Å²) in [6, 6.07) is 0. The maximum atomic E-state index is 10.4. The fourth-order valence-electron chi connectivity index (χ4n) is 2.15. The van der Waals surface area contributed by atoms with Crippen molar-refractivity contribution in [2.75, 3.05) is 31.7 Å². The molecule has 1 aromatic heterocycles. The van der Waals surface area contributed by atoms with Crippen LogP contribution in [-0.4, -0.2) is 54.0 Å². The summed E-state index contributed by atoms with van der Waals surface area (Å²) in [7, 11) is 1.57. The standard InChI is InChI=1S/C13H19N3O4/c1-19-12-9-14-8-11(15-12)16-5-2-10(3-6-16)20-7-4-13(17)18/h8-10H,2-7H2,1H3,(H,17,18). The van der Waals surface area contributed by atoms with E-state index in [0.29, 0.717) is 5.88 Å². The Bertz CT molecular complexity index is 447. The lowest BCUT2D eigenvalue weighted by Gasteiger charge is -2.32. The van der Waals surface area contributed by atoms with Crippen molar-refractivity contribution >= 4 is 11.8 Å². The summed E-state index contributed by atoms with van der Waals surface area (Å²) < 4.78 is 10.6. The van der Waals surface area contributed by atoms with Crippen molar-refractivity contribution in [2.45, 2.75) is 25.4 Å². The molecule has 7 nitrogen and oxygen atoms in total. The van der Waals surface area contributed by atoms with Crippen LogP contribution >= 0.6 is 0 Å². The molecule has 1 fully saturated rings. The number of nitrogens with zero attached hydrogens (tertiary/aromatic N) is 3. The molecule has 1 aliphatic rings. The van der Waals surface area contributed by atoms with Crippen molar-refractivity contribution in [1.29, 1.82) is 0 Å². The Hall–Kier alpha value is -1.89. The molecule has 20 heavy (non-hydrogen) atoms. The predicted octanol–water partition coefficient (Wildman–Crippen LogP) is 0.945. The zero-order chi connectivity index (χ0) is 14.4. The topological polar surface area (TPSA) is 84.8 Å². The average molecular weight is 281 g/mol. The SMILES string of the molecule is COc1cncc(N2CCC(OCCC(=O)O)CC2)n1. The highest BCUT2D eigenvalue weighted by molar-refractivity contribution is 5.66. The third-order valence-electron chi connectivity index (χ3n) is 3.24. The first kappa shape index (κ1) is 14.5. The lowest BCUT2D eigenvalue weighted by molar-refractivity contribution is -0.138. The molecule has 1 aliphatic heterocycles. The normalized spacial score (nSPS) is 16.1. The molecule has 0 aliphatic carbocycles. The number of rotatable bonds is 6. The highest BCUT2D eigenvalue weighted by Gasteiger charge is 2.21. The molecule has 0 aromatic carbocycles. The number of hydrogen-bond donors (Lipinski definition) is 1. The van der Waals surface area contributed by atoms with Crippen molar-refractivity contribution in [2.24, 2.45) is 0 Å². The third kappa shape index (κ3) is 4.06. The highest BCUT2D eigenvalue weighted by atomic mass is 16.5. The maximum Gasteiger partial charge on any atom is 0.305 e. The third-order valence-corrected chi connectivity index (χ3v) is 3.24. The van der Waals surface area contributed by atoms with Gasteiger partial charge < -0.3 is 19.5 Å². The van der Waals surface area contributed by atoms with Gasteiger partial charge in [-0.15, -0.1) is 0 Å². The van der Waals surface area contributed by atoms with Crippen LogP contribution in [0.1, 0.15) is 19.3 Å². The van der Waals surface area contributed by atoms with E-state index < -0.39 is 5.97 Å². The molecule has 2 rings (SSSR count). The molecule has 7 heteroatoms. The van der Waals surface area contributed by atoms with E-state index in [1.807, 2.05) is 0 Å². The Balaban J connectivity index is 1.80. The molecule has 0 spiro atoms. The van der Waals surface area contributed by atoms with Gasteiger partial charge >= 0.3 is 5.97 Å². The fraction of sp³-hybridized carbons (Fsp3) is 0.615. The number of hydrogen-bond acceptors (Lipinski definition) is 6. The molecule has 0 bridgehead atoms. The summed E-state index contributed by atoms with van der Waals surface area (Å²) >= 11 is 0. The lowest BCUT2D eigenvalue weighted by Crippen LogP contribution is -2.37. The van der Waals surface area contributed by atoms with Gasteiger partial charge in [-0.2, -0.15) is 4.98 Å². The van der Waals surface area contributed by atoms with E-state index in [1.165, 1.54) is 0 Å². The summed E-state index contributed by atoms with van der Waals surface area (Å²) in [5.41, 5.74) is 0. The van der Waals surface area contributed by atoms with Gasteiger partial charge in [-0.25, -0.2) is 0 Å². The summed E-state index contributed by atoms with van der Waals surface area (Å²) in [6.45, 7) is 1.91. The van der Waals surface area contributed by atoms with Crippen LogP contribution in [0.4, 0.5) is 5.82 Å². The van der Waals surface area contributed by atoms with Gasteiger partial charge in [-0.3, -0.25) is 9.78 Å². The van der Waals surface area contributed by atoms with Gasteiger partial charge in [-0.05, 0) is 12.8 Å². The minimum absolute atomic E-state index is 0.0571. The van der Waals surface area contributed by atoms with E-state index in [9.17, 15) is 4.79 Å². The van der Waals surface area contributed by atoms with Crippen LogP contribution in [0, 0.1) is 0 Å².